The van der Waals surface area contributed by atoms with E-state index in [0.717, 1.165) is 24.1 Å². The maximum Gasteiger partial charge on any atom is 0.254 e. The first kappa shape index (κ1) is 19.5. The summed E-state index contributed by atoms with van der Waals surface area (Å²) in [5.41, 5.74) is 3.03. The molecular formula is C26H23FN2O2. The van der Waals surface area contributed by atoms with Crippen LogP contribution in [0.5, 0.6) is 0 Å². The largest absolute Gasteiger partial charge is 0.350 e. The summed E-state index contributed by atoms with van der Waals surface area (Å²) in [6.45, 7) is 1.13. The molecule has 156 valence electrons. The molecule has 3 atom stereocenters. The number of rotatable bonds is 5. The third kappa shape index (κ3) is 3.83. The van der Waals surface area contributed by atoms with Crippen LogP contribution in [-0.2, 0) is 0 Å². The summed E-state index contributed by atoms with van der Waals surface area (Å²) >= 11 is 0. The molecular weight excluding hydrogens is 391 g/mol. The lowest BCUT2D eigenvalue weighted by Crippen LogP contribution is -2.45. The van der Waals surface area contributed by atoms with E-state index in [9.17, 15) is 14.0 Å². The SMILES string of the molecule is O=C(NCC1C2CC2CN1C(=O)c1ccccc1-c1ccccc1)c1ccc(F)cc1. The van der Waals surface area contributed by atoms with Crippen LogP contribution in [0.2, 0.25) is 0 Å². The topological polar surface area (TPSA) is 49.4 Å². The smallest absolute Gasteiger partial charge is 0.254 e. The van der Waals surface area contributed by atoms with Gasteiger partial charge in [-0.25, -0.2) is 4.39 Å². The zero-order valence-electron chi connectivity index (χ0n) is 17.0. The molecule has 3 unspecified atom stereocenters. The van der Waals surface area contributed by atoms with Crippen LogP contribution in [0.25, 0.3) is 11.1 Å². The van der Waals surface area contributed by atoms with Gasteiger partial charge in [-0.3, -0.25) is 9.59 Å². The molecule has 0 aromatic heterocycles. The van der Waals surface area contributed by atoms with E-state index in [1.165, 1.54) is 24.3 Å². The molecule has 3 aromatic rings. The molecule has 1 heterocycles. The second-order valence-corrected chi connectivity index (χ2v) is 8.31. The number of halogens is 1. The molecule has 1 aliphatic carbocycles. The van der Waals surface area contributed by atoms with Gasteiger partial charge in [0.1, 0.15) is 5.82 Å². The number of carbonyl (C=O) groups excluding carboxylic acids is 2. The van der Waals surface area contributed by atoms with Gasteiger partial charge in [0.15, 0.2) is 0 Å². The van der Waals surface area contributed by atoms with Crippen LogP contribution >= 0.6 is 0 Å². The van der Waals surface area contributed by atoms with E-state index >= 15 is 0 Å². The molecule has 2 amide bonds. The van der Waals surface area contributed by atoms with Gasteiger partial charge in [0.2, 0.25) is 0 Å². The third-order valence-corrected chi connectivity index (χ3v) is 6.38. The molecule has 4 nitrogen and oxygen atoms in total. The summed E-state index contributed by atoms with van der Waals surface area (Å²) in [5, 5.41) is 2.94. The van der Waals surface area contributed by atoms with Gasteiger partial charge in [0, 0.05) is 24.2 Å². The van der Waals surface area contributed by atoms with Crippen molar-refractivity contribution in [3.63, 3.8) is 0 Å². The van der Waals surface area contributed by atoms with Crippen molar-refractivity contribution in [1.29, 1.82) is 0 Å². The number of nitrogens with zero attached hydrogens (tertiary/aromatic N) is 1. The van der Waals surface area contributed by atoms with Gasteiger partial charge < -0.3 is 10.2 Å². The first-order valence-electron chi connectivity index (χ1n) is 10.6. The fraction of sp³-hybridized carbons (Fsp3) is 0.231. The lowest BCUT2D eigenvalue weighted by atomic mass is 9.98. The van der Waals surface area contributed by atoms with Crippen molar-refractivity contribution in [2.24, 2.45) is 11.8 Å². The summed E-state index contributed by atoms with van der Waals surface area (Å²) < 4.78 is 13.1. The Labute approximate surface area is 180 Å². The van der Waals surface area contributed by atoms with Crippen LogP contribution in [0.1, 0.15) is 27.1 Å². The standard InChI is InChI=1S/C26H23FN2O2/c27-20-12-10-18(11-13-20)25(30)28-15-24-23-14-19(23)16-29(24)26(31)22-9-5-4-8-21(22)17-6-2-1-3-7-17/h1-13,19,23-24H,14-16H2,(H,28,30). The summed E-state index contributed by atoms with van der Waals surface area (Å²) in [4.78, 5) is 27.9. The average molecular weight is 414 g/mol. The zero-order chi connectivity index (χ0) is 21.4. The average Bonchev–Trinajstić information content (AvgIpc) is 3.49. The summed E-state index contributed by atoms with van der Waals surface area (Å²) in [7, 11) is 0. The Morgan fingerprint density at radius 3 is 2.42 bits per heavy atom. The van der Waals surface area contributed by atoms with E-state index in [1.54, 1.807) is 0 Å². The molecule has 3 aromatic carbocycles. The molecule has 0 radical (unpaired) electrons. The number of likely N-dealkylation sites (tertiary alicyclic amines) is 1. The number of amides is 2. The van der Waals surface area contributed by atoms with Crippen LogP contribution in [0.15, 0.2) is 78.9 Å². The second kappa shape index (κ2) is 7.99. The second-order valence-electron chi connectivity index (χ2n) is 8.31. The predicted octanol–water partition coefficient (Wildman–Crippen LogP) is 4.38. The van der Waals surface area contributed by atoms with E-state index < -0.39 is 0 Å². The van der Waals surface area contributed by atoms with E-state index in [0.29, 0.717) is 29.5 Å². The summed E-state index contributed by atoms with van der Waals surface area (Å²) in [6, 6.07) is 23.1. The Bertz CT molecular complexity index is 1110. The first-order valence-corrected chi connectivity index (χ1v) is 10.6. The van der Waals surface area contributed by atoms with E-state index in [2.05, 4.69) is 5.32 Å². The fourth-order valence-corrected chi connectivity index (χ4v) is 4.66. The fourth-order valence-electron chi connectivity index (χ4n) is 4.66. The number of fused-ring (bicyclic) bond motifs is 1. The van der Waals surface area contributed by atoms with Gasteiger partial charge in [0.25, 0.3) is 11.8 Å². The van der Waals surface area contributed by atoms with Crippen LogP contribution in [-0.4, -0.2) is 35.8 Å². The van der Waals surface area contributed by atoms with Crippen LogP contribution in [0.4, 0.5) is 4.39 Å². The van der Waals surface area contributed by atoms with Crippen LogP contribution in [0, 0.1) is 17.7 Å². The van der Waals surface area contributed by atoms with Crippen molar-refractivity contribution in [3.05, 3.63) is 95.8 Å². The molecule has 5 rings (SSSR count). The molecule has 2 aliphatic rings. The van der Waals surface area contributed by atoms with Gasteiger partial charge in [-0.05, 0) is 59.7 Å². The molecule has 31 heavy (non-hydrogen) atoms. The first-order chi connectivity index (χ1) is 15.1. The van der Waals surface area contributed by atoms with E-state index in [1.807, 2.05) is 59.5 Å². The molecule has 2 fully saturated rings. The van der Waals surface area contributed by atoms with Crippen LogP contribution < -0.4 is 5.32 Å². The quantitative estimate of drug-likeness (QED) is 0.674. The zero-order valence-corrected chi connectivity index (χ0v) is 17.0. The predicted molar refractivity (Wildman–Crippen MR) is 117 cm³/mol. The van der Waals surface area contributed by atoms with Crippen molar-refractivity contribution >= 4 is 11.8 Å². The lowest BCUT2D eigenvalue weighted by Gasteiger charge is -2.28. The lowest BCUT2D eigenvalue weighted by molar-refractivity contribution is 0.0695. The molecule has 1 aliphatic heterocycles. The monoisotopic (exact) mass is 414 g/mol. The van der Waals surface area contributed by atoms with Crippen molar-refractivity contribution in [1.82, 2.24) is 10.2 Å². The maximum absolute atomic E-state index is 13.5. The molecule has 1 saturated heterocycles. The van der Waals surface area contributed by atoms with Gasteiger partial charge in [-0.2, -0.15) is 0 Å². The molecule has 5 heteroatoms. The highest BCUT2D eigenvalue weighted by Gasteiger charge is 2.54. The normalized spacial score (nSPS) is 21.5. The van der Waals surface area contributed by atoms with Crippen molar-refractivity contribution < 1.29 is 14.0 Å². The maximum atomic E-state index is 13.5. The minimum atomic E-state index is -0.373. The van der Waals surface area contributed by atoms with Gasteiger partial charge in [-0.15, -0.1) is 0 Å². The van der Waals surface area contributed by atoms with Crippen molar-refractivity contribution in [3.8, 4) is 11.1 Å². The van der Waals surface area contributed by atoms with Crippen LogP contribution in [0.3, 0.4) is 0 Å². The van der Waals surface area contributed by atoms with E-state index in [4.69, 9.17) is 0 Å². The van der Waals surface area contributed by atoms with Gasteiger partial charge in [-0.1, -0.05) is 48.5 Å². The Morgan fingerprint density at radius 2 is 1.65 bits per heavy atom. The Kier molecular flexibility index (Phi) is 5.02. The summed E-state index contributed by atoms with van der Waals surface area (Å²) in [6.07, 6.45) is 1.10. The molecule has 1 N–H and O–H groups in total. The Morgan fingerprint density at radius 1 is 0.935 bits per heavy atom. The number of hydrogen-bond acceptors (Lipinski definition) is 2. The highest BCUT2D eigenvalue weighted by atomic mass is 19.1. The van der Waals surface area contributed by atoms with Gasteiger partial charge in [0.05, 0.1) is 6.04 Å². The highest BCUT2D eigenvalue weighted by Crippen LogP contribution is 2.50. The number of benzene rings is 3. The van der Waals surface area contributed by atoms with E-state index in [-0.39, 0.29) is 23.7 Å². The number of carbonyl (C=O) groups is 2. The molecule has 0 spiro atoms. The number of nitrogens with one attached hydrogen (secondary N) is 1. The number of piperidine rings is 1. The van der Waals surface area contributed by atoms with Gasteiger partial charge >= 0.3 is 0 Å². The Balaban J connectivity index is 1.34. The third-order valence-electron chi connectivity index (χ3n) is 6.38. The summed E-state index contributed by atoms with van der Waals surface area (Å²) in [5.74, 6) is 0.331. The highest BCUT2D eigenvalue weighted by molar-refractivity contribution is 6.01. The Hall–Kier alpha value is -3.47. The minimum absolute atomic E-state index is 0.00712. The van der Waals surface area contributed by atoms with Crippen molar-refractivity contribution in [2.75, 3.05) is 13.1 Å². The molecule has 0 bridgehead atoms. The number of hydrogen-bond donors (Lipinski definition) is 1. The van der Waals surface area contributed by atoms with Crippen molar-refractivity contribution in [2.45, 2.75) is 12.5 Å². The molecule has 1 saturated carbocycles. The minimum Gasteiger partial charge on any atom is -0.350 e.